The van der Waals surface area contributed by atoms with Crippen LogP contribution in [-0.2, 0) is 20.0 Å². The lowest BCUT2D eigenvalue weighted by atomic mass is 9.60. The third-order valence-electron chi connectivity index (χ3n) is 6.64. The second-order valence-electron chi connectivity index (χ2n) is 8.69. The molecule has 0 spiro atoms. The summed E-state index contributed by atoms with van der Waals surface area (Å²) in [6.45, 7) is 1.97. The van der Waals surface area contributed by atoms with Gasteiger partial charge in [0.1, 0.15) is 5.82 Å². The van der Waals surface area contributed by atoms with Crippen molar-refractivity contribution in [3.63, 3.8) is 0 Å². The molecule has 0 radical (unpaired) electrons. The molecular formula is C23H24ClF2NO4S. The molecule has 4 rings (SSSR count). The molecule has 1 aliphatic heterocycles. The highest BCUT2D eigenvalue weighted by atomic mass is 35.5. The molecule has 3 atom stereocenters. The first-order valence-corrected chi connectivity index (χ1v) is 12.5. The van der Waals surface area contributed by atoms with Crippen molar-refractivity contribution in [2.45, 2.75) is 36.5 Å². The molecular weight excluding hydrogens is 460 g/mol. The van der Waals surface area contributed by atoms with E-state index in [1.54, 1.807) is 0 Å². The number of amides is 1. The normalized spacial score (nSPS) is 24.8. The molecule has 1 saturated carbocycles. The number of hydrogen-bond acceptors (Lipinski definition) is 4. The number of ether oxygens (including phenoxy) is 1. The number of rotatable bonds is 5. The molecule has 1 heterocycles. The van der Waals surface area contributed by atoms with Crippen LogP contribution in [0.1, 0.15) is 31.7 Å². The number of carbonyl (C=O) groups is 1. The van der Waals surface area contributed by atoms with Crippen LogP contribution >= 0.6 is 11.6 Å². The molecule has 0 bridgehead atoms. The molecule has 1 amide bonds. The number of carbonyl (C=O) groups excluding carboxylic acids is 1. The maximum absolute atomic E-state index is 15.1. The molecule has 32 heavy (non-hydrogen) atoms. The highest BCUT2D eigenvalue weighted by Gasteiger charge is 2.53. The molecule has 0 aromatic heterocycles. The molecule has 0 saturated heterocycles. The average molecular weight is 484 g/mol. The molecule has 2 aliphatic rings. The SMILES string of the molecule is CC(=O)NC[C@@H]1CCC2(CS(=O)(=O)c3ccc(Cl)cc3)c3c(F)ccc(F)c3OCC2C1. The van der Waals surface area contributed by atoms with E-state index in [9.17, 15) is 17.6 Å². The van der Waals surface area contributed by atoms with Crippen LogP contribution < -0.4 is 10.1 Å². The Bertz CT molecular complexity index is 1140. The van der Waals surface area contributed by atoms with Gasteiger partial charge in [0.25, 0.3) is 0 Å². The van der Waals surface area contributed by atoms with E-state index >= 15 is 4.39 Å². The van der Waals surface area contributed by atoms with E-state index in [4.69, 9.17) is 16.3 Å². The fourth-order valence-corrected chi connectivity index (χ4v) is 7.14. The van der Waals surface area contributed by atoms with Gasteiger partial charge in [0.05, 0.1) is 17.3 Å². The van der Waals surface area contributed by atoms with Gasteiger partial charge < -0.3 is 10.1 Å². The van der Waals surface area contributed by atoms with Gasteiger partial charge in [-0.25, -0.2) is 17.2 Å². The molecule has 1 fully saturated rings. The summed E-state index contributed by atoms with van der Waals surface area (Å²) in [6, 6.07) is 7.86. The van der Waals surface area contributed by atoms with E-state index in [1.165, 1.54) is 31.2 Å². The summed E-state index contributed by atoms with van der Waals surface area (Å²) in [5, 5.41) is 3.20. The van der Waals surface area contributed by atoms with E-state index in [2.05, 4.69) is 5.32 Å². The number of benzene rings is 2. The molecule has 9 heteroatoms. The summed E-state index contributed by atoms with van der Waals surface area (Å²) in [6.07, 6.45) is 1.44. The Kier molecular flexibility index (Phi) is 6.20. The second-order valence-corrected chi connectivity index (χ2v) is 11.1. The standard InChI is InChI=1S/C23H24ClF2NO4S/c1-14(28)27-11-15-8-9-23(13-32(29,30)18-4-2-17(24)3-5-18)16(10-15)12-31-22-20(26)7-6-19(25)21(22)23/h2-7,15-16H,8-13H2,1H3,(H,27,28)/t15-,16?,23?/m1/s1. The van der Waals surface area contributed by atoms with Crippen LogP contribution in [-0.4, -0.2) is 33.2 Å². The smallest absolute Gasteiger partial charge is 0.216 e. The van der Waals surface area contributed by atoms with E-state index in [0.717, 1.165) is 12.1 Å². The third-order valence-corrected chi connectivity index (χ3v) is 8.78. The van der Waals surface area contributed by atoms with Crippen LogP contribution in [0.2, 0.25) is 5.02 Å². The van der Waals surface area contributed by atoms with Crippen LogP contribution in [0.3, 0.4) is 0 Å². The summed E-state index contributed by atoms with van der Waals surface area (Å²) in [4.78, 5) is 11.4. The number of halogens is 3. The summed E-state index contributed by atoms with van der Waals surface area (Å²) in [7, 11) is -3.84. The molecule has 2 aromatic rings. The predicted molar refractivity (Wildman–Crippen MR) is 117 cm³/mol. The molecule has 2 unspecified atom stereocenters. The third kappa shape index (κ3) is 4.22. The monoisotopic (exact) mass is 483 g/mol. The summed E-state index contributed by atoms with van der Waals surface area (Å²) >= 11 is 5.90. The second kappa shape index (κ2) is 8.63. The minimum atomic E-state index is -3.84. The highest BCUT2D eigenvalue weighted by molar-refractivity contribution is 7.91. The van der Waals surface area contributed by atoms with Crippen LogP contribution in [0.5, 0.6) is 5.75 Å². The van der Waals surface area contributed by atoms with Crippen LogP contribution in [0.4, 0.5) is 8.78 Å². The molecule has 1 N–H and O–H groups in total. The number of nitrogens with one attached hydrogen (secondary N) is 1. The van der Waals surface area contributed by atoms with Crippen molar-refractivity contribution >= 4 is 27.3 Å². The van der Waals surface area contributed by atoms with Gasteiger partial charge in [-0.1, -0.05) is 11.6 Å². The van der Waals surface area contributed by atoms with E-state index < -0.39 is 26.9 Å². The maximum atomic E-state index is 15.1. The number of sulfone groups is 1. The maximum Gasteiger partial charge on any atom is 0.216 e. The Morgan fingerprint density at radius 3 is 2.56 bits per heavy atom. The van der Waals surface area contributed by atoms with Gasteiger partial charge in [-0.15, -0.1) is 0 Å². The molecule has 5 nitrogen and oxygen atoms in total. The van der Waals surface area contributed by atoms with Crippen molar-refractivity contribution in [3.8, 4) is 5.75 Å². The molecule has 1 aliphatic carbocycles. The zero-order chi connectivity index (χ0) is 23.1. The number of hydrogen-bond donors (Lipinski definition) is 1. The van der Waals surface area contributed by atoms with Gasteiger partial charge in [0.2, 0.25) is 5.91 Å². The van der Waals surface area contributed by atoms with Crippen LogP contribution in [0, 0.1) is 23.5 Å². The Morgan fingerprint density at radius 1 is 1.19 bits per heavy atom. The van der Waals surface area contributed by atoms with Crippen molar-refractivity contribution in [1.82, 2.24) is 5.32 Å². The van der Waals surface area contributed by atoms with Gasteiger partial charge in [-0.2, -0.15) is 0 Å². The minimum Gasteiger partial charge on any atom is -0.490 e. The van der Waals surface area contributed by atoms with Crippen LogP contribution in [0.25, 0.3) is 0 Å². The van der Waals surface area contributed by atoms with Crippen LogP contribution in [0.15, 0.2) is 41.3 Å². The van der Waals surface area contributed by atoms with Crippen molar-refractivity contribution in [2.24, 2.45) is 11.8 Å². The Balaban J connectivity index is 1.77. The van der Waals surface area contributed by atoms with Crippen molar-refractivity contribution in [2.75, 3.05) is 18.9 Å². The highest BCUT2D eigenvalue weighted by Crippen LogP contribution is 2.54. The molecule has 172 valence electrons. The first-order chi connectivity index (χ1) is 15.1. The lowest BCUT2D eigenvalue weighted by Crippen LogP contribution is -2.52. The summed E-state index contributed by atoms with van der Waals surface area (Å²) in [5.74, 6) is -2.34. The average Bonchev–Trinajstić information content (AvgIpc) is 2.74. The Hall–Kier alpha value is -2.19. The van der Waals surface area contributed by atoms with Crippen molar-refractivity contribution < 1.29 is 26.7 Å². The fourth-order valence-electron chi connectivity index (χ4n) is 5.09. The Labute approximate surface area is 191 Å². The van der Waals surface area contributed by atoms with Gasteiger partial charge in [0.15, 0.2) is 21.4 Å². The lowest BCUT2D eigenvalue weighted by Gasteiger charge is -2.50. The van der Waals surface area contributed by atoms with Gasteiger partial charge in [0, 0.05) is 35.4 Å². The van der Waals surface area contributed by atoms with Crippen molar-refractivity contribution in [3.05, 3.63) is 58.6 Å². The van der Waals surface area contributed by atoms with Gasteiger partial charge >= 0.3 is 0 Å². The van der Waals surface area contributed by atoms with Gasteiger partial charge in [-0.3, -0.25) is 4.79 Å². The first-order valence-electron chi connectivity index (χ1n) is 10.5. The first kappa shape index (κ1) is 23.0. The lowest BCUT2D eigenvalue weighted by molar-refractivity contribution is -0.119. The topological polar surface area (TPSA) is 72.5 Å². The van der Waals surface area contributed by atoms with E-state index in [-0.39, 0.29) is 46.3 Å². The minimum absolute atomic E-state index is 0.00395. The van der Waals surface area contributed by atoms with Crippen molar-refractivity contribution in [1.29, 1.82) is 0 Å². The zero-order valence-electron chi connectivity index (χ0n) is 17.5. The predicted octanol–water partition coefficient (Wildman–Crippen LogP) is 4.27. The summed E-state index contributed by atoms with van der Waals surface area (Å²) < 4.78 is 62.1. The zero-order valence-corrected chi connectivity index (χ0v) is 19.1. The van der Waals surface area contributed by atoms with E-state index in [0.29, 0.717) is 30.8 Å². The Morgan fingerprint density at radius 2 is 1.88 bits per heavy atom. The molecule has 2 aromatic carbocycles. The largest absolute Gasteiger partial charge is 0.490 e. The van der Waals surface area contributed by atoms with Gasteiger partial charge in [-0.05, 0) is 61.6 Å². The fraction of sp³-hybridized carbons (Fsp3) is 0.435. The van der Waals surface area contributed by atoms with E-state index in [1.807, 2.05) is 0 Å². The quantitative estimate of drug-likeness (QED) is 0.689. The number of fused-ring (bicyclic) bond motifs is 3. The summed E-state index contributed by atoms with van der Waals surface area (Å²) in [5.41, 5.74) is -1.13.